The minimum atomic E-state index is -0.0245. The Bertz CT molecular complexity index is 765. The van der Waals surface area contributed by atoms with E-state index in [2.05, 4.69) is 9.97 Å². The topological polar surface area (TPSA) is 77.0 Å². The van der Waals surface area contributed by atoms with Crippen molar-refractivity contribution in [1.29, 1.82) is 0 Å². The van der Waals surface area contributed by atoms with E-state index in [9.17, 15) is 4.79 Å². The molecule has 0 radical (unpaired) electrons. The number of rotatable bonds is 4. The van der Waals surface area contributed by atoms with E-state index in [1.165, 1.54) is 11.3 Å². The Balaban J connectivity index is 1.72. The van der Waals surface area contributed by atoms with Gasteiger partial charge in [-0.25, -0.2) is 9.97 Å². The molecule has 6 nitrogen and oxygen atoms in total. The van der Waals surface area contributed by atoms with Gasteiger partial charge in [0.1, 0.15) is 0 Å². The zero-order valence-corrected chi connectivity index (χ0v) is 12.4. The van der Waals surface area contributed by atoms with Crippen LogP contribution >= 0.6 is 11.3 Å². The summed E-state index contributed by atoms with van der Waals surface area (Å²) in [5.41, 5.74) is 7.08. The van der Waals surface area contributed by atoms with Crippen molar-refractivity contribution in [3.63, 3.8) is 0 Å². The van der Waals surface area contributed by atoms with Crippen LogP contribution in [-0.4, -0.2) is 38.9 Å². The molecule has 3 rings (SSSR count). The summed E-state index contributed by atoms with van der Waals surface area (Å²) in [6.07, 6.45) is 5.34. The highest BCUT2D eigenvalue weighted by molar-refractivity contribution is 7.22. The Morgan fingerprint density at radius 1 is 1.48 bits per heavy atom. The second kappa shape index (κ2) is 5.53. The van der Waals surface area contributed by atoms with Crippen LogP contribution in [0.4, 0.5) is 5.13 Å². The zero-order chi connectivity index (χ0) is 14.8. The van der Waals surface area contributed by atoms with Crippen LogP contribution in [0, 0.1) is 0 Å². The Morgan fingerprint density at radius 2 is 2.33 bits per heavy atom. The summed E-state index contributed by atoms with van der Waals surface area (Å²) in [5, 5.41) is 0.517. The second-order valence-corrected chi connectivity index (χ2v) is 5.82. The van der Waals surface area contributed by atoms with Crippen LogP contribution < -0.4 is 5.73 Å². The first-order valence-electron chi connectivity index (χ1n) is 6.51. The smallest absolute Gasteiger partial charge is 0.253 e. The van der Waals surface area contributed by atoms with Gasteiger partial charge in [0.15, 0.2) is 5.13 Å². The summed E-state index contributed by atoms with van der Waals surface area (Å²) in [6, 6.07) is 5.49. The van der Waals surface area contributed by atoms with Crippen molar-refractivity contribution in [1.82, 2.24) is 19.4 Å². The minimum absolute atomic E-state index is 0.0245. The second-order valence-electron chi connectivity index (χ2n) is 4.76. The number of nitrogens with two attached hydrogens (primary N) is 1. The number of thiazole rings is 1. The molecule has 0 atom stereocenters. The van der Waals surface area contributed by atoms with Crippen LogP contribution in [0.5, 0.6) is 0 Å². The van der Waals surface area contributed by atoms with Crippen molar-refractivity contribution >= 4 is 32.6 Å². The van der Waals surface area contributed by atoms with E-state index in [1.54, 1.807) is 30.5 Å². The number of aromatic nitrogens is 3. The molecule has 1 amide bonds. The molecule has 0 saturated carbocycles. The average Bonchev–Trinajstić information content (AvgIpc) is 3.10. The molecule has 1 aromatic carbocycles. The number of fused-ring (bicyclic) bond motifs is 1. The molecule has 0 aliphatic heterocycles. The van der Waals surface area contributed by atoms with Crippen molar-refractivity contribution in [3.8, 4) is 0 Å². The number of nitrogens with zero attached hydrogens (tertiary/aromatic N) is 4. The maximum atomic E-state index is 12.4. The van der Waals surface area contributed by atoms with Gasteiger partial charge in [-0.15, -0.1) is 0 Å². The highest BCUT2D eigenvalue weighted by atomic mass is 32.1. The average molecular weight is 301 g/mol. The van der Waals surface area contributed by atoms with Gasteiger partial charge in [-0.3, -0.25) is 4.79 Å². The molecule has 2 aromatic heterocycles. The summed E-state index contributed by atoms with van der Waals surface area (Å²) >= 11 is 1.42. The number of imidazole rings is 1. The first kappa shape index (κ1) is 13.6. The molecule has 108 valence electrons. The number of carbonyl (C=O) groups excluding carboxylic acids is 1. The van der Waals surface area contributed by atoms with Crippen molar-refractivity contribution in [2.75, 3.05) is 19.3 Å². The lowest BCUT2D eigenvalue weighted by Gasteiger charge is -2.17. The van der Waals surface area contributed by atoms with E-state index in [0.29, 0.717) is 23.8 Å². The van der Waals surface area contributed by atoms with Crippen LogP contribution in [0.15, 0.2) is 36.9 Å². The molecule has 0 aliphatic carbocycles. The SMILES string of the molecule is CN(CCn1ccnc1)C(=O)c1ccc2sc(N)nc2c1. The molecule has 0 aliphatic rings. The quantitative estimate of drug-likeness (QED) is 0.798. The molecule has 0 bridgehead atoms. The molecule has 2 heterocycles. The van der Waals surface area contributed by atoms with Gasteiger partial charge in [-0.05, 0) is 18.2 Å². The number of carbonyl (C=O) groups is 1. The summed E-state index contributed by atoms with van der Waals surface area (Å²) in [5.74, 6) is -0.0245. The van der Waals surface area contributed by atoms with Gasteiger partial charge in [-0.1, -0.05) is 11.3 Å². The predicted molar refractivity (Wildman–Crippen MR) is 83.2 cm³/mol. The van der Waals surface area contributed by atoms with Crippen molar-refractivity contribution in [2.45, 2.75) is 6.54 Å². The van der Waals surface area contributed by atoms with Crippen molar-refractivity contribution < 1.29 is 4.79 Å². The van der Waals surface area contributed by atoms with Gasteiger partial charge in [-0.2, -0.15) is 0 Å². The first-order chi connectivity index (χ1) is 10.1. The van der Waals surface area contributed by atoms with Gasteiger partial charge in [0.05, 0.1) is 16.5 Å². The standard InChI is InChI=1S/C14H15N5OS/c1-18(6-7-19-5-4-16-9-19)13(20)10-2-3-12-11(8-10)17-14(15)21-12/h2-5,8-9H,6-7H2,1H3,(H2,15,17). The summed E-state index contributed by atoms with van der Waals surface area (Å²) in [4.78, 5) is 22.3. The number of amides is 1. The van der Waals surface area contributed by atoms with Gasteiger partial charge >= 0.3 is 0 Å². The number of nitrogen functional groups attached to an aromatic ring is 1. The third kappa shape index (κ3) is 2.87. The molecular weight excluding hydrogens is 286 g/mol. The van der Waals surface area contributed by atoms with Crippen LogP contribution in [0.2, 0.25) is 0 Å². The maximum absolute atomic E-state index is 12.4. The molecule has 2 N–H and O–H groups in total. The van der Waals surface area contributed by atoms with E-state index in [-0.39, 0.29) is 5.91 Å². The fraction of sp³-hybridized carbons (Fsp3) is 0.214. The zero-order valence-electron chi connectivity index (χ0n) is 11.6. The lowest BCUT2D eigenvalue weighted by molar-refractivity contribution is 0.0790. The largest absolute Gasteiger partial charge is 0.375 e. The lowest BCUT2D eigenvalue weighted by Crippen LogP contribution is -2.29. The van der Waals surface area contributed by atoms with Gasteiger partial charge < -0.3 is 15.2 Å². The summed E-state index contributed by atoms with van der Waals surface area (Å²) < 4.78 is 2.93. The minimum Gasteiger partial charge on any atom is -0.375 e. The molecule has 0 spiro atoms. The Kier molecular flexibility index (Phi) is 3.57. The molecule has 3 aromatic rings. The Labute approximate surface area is 125 Å². The fourth-order valence-electron chi connectivity index (χ4n) is 2.08. The normalized spacial score (nSPS) is 10.9. The molecule has 0 unspecified atom stereocenters. The van der Waals surface area contributed by atoms with Crippen molar-refractivity contribution in [2.24, 2.45) is 0 Å². The molecule has 7 heteroatoms. The van der Waals surface area contributed by atoms with Crippen LogP contribution in [0.1, 0.15) is 10.4 Å². The number of benzene rings is 1. The Hall–Kier alpha value is -2.41. The van der Waals surface area contributed by atoms with Crippen LogP contribution in [0.3, 0.4) is 0 Å². The van der Waals surface area contributed by atoms with Crippen LogP contribution in [-0.2, 0) is 6.54 Å². The fourth-order valence-corrected chi connectivity index (χ4v) is 2.80. The predicted octanol–water partition coefficient (Wildman–Crippen LogP) is 1.85. The molecular formula is C14H15N5OS. The lowest BCUT2D eigenvalue weighted by atomic mass is 10.2. The van der Waals surface area contributed by atoms with E-state index >= 15 is 0 Å². The Morgan fingerprint density at radius 3 is 3.10 bits per heavy atom. The highest BCUT2D eigenvalue weighted by Gasteiger charge is 2.13. The summed E-state index contributed by atoms with van der Waals surface area (Å²) in [6.45, 7) is 1.33. The van der Waals surface area contributed by atoms with E-state index < -0.39 is 0 Å². The molecule has 21 heavy (non-hydrogen) atoms. The summed E-state index contributed by atoms with van der Waals surface area (Å²) in [7, 11) is 1.79. The monoisotopic (exact) mass is 301 g/mol. The number of likely N-dealkylation sites (N-methyl/N-ethyl adjacent to an activating group) is 1. The van der Waals surface area contributed by atoms with Crippen molar-refractivity contribution in [3.05, 3.63) is 42.5 Å². The van der Waals surface area contributed by atoms with Gasteiger partial charge in [0.25, 0.3) is 5.91 Å². The van der Waals surface area contributed by atoms with E-state index in [0.717, 1.165) is 10.2 Å². The van der Waals surface area contributed by atoms with Gasteiger partial charge in [0, 0.05) is 38.1 Å². The number of hydrogen-bond acceptors (Lipinski definition) is 5. The van der Waals surface area contributed by atoms with Crippen LogP contribution in [0.25, 0.3) is 10.2 Å². The molecule has 0 fully saturated rings. The number of anilines is 1. The highest BCUT2D eigenvalue weighted by Crippen LogP contribution is 2.24. The third-order valence-corrected chi connectivity index (χ3v) is 4.12. The molecule has 0 saturated heterocycles. The van der Waals surface area contributed by atoms with E-state index in [4.69, 9.17) is 5.73 Å². The first-order valence-corrected chi connectivity index (χ1v) is 7.32. The van der Waals surface area contributed by atoms with Gasteiger partial charge in [0.2, 0.25) is 0 Å². The number of hydrogen-bond donors (Lipinski definition) is 1. The van der Waals surface area contributed by atoms with E-state index in [1.807, 2.05) is 22.9 Å². The maximum Gasteiger partial charge on any atom is 0.253 e. The third-order valence-electron chi connectivity index (χ3n) is 3.25.